The van der Waals surface area contributed by atoms with E-state index in [2.05, 4.69) is 0 Å². The van der Waals surface area contributed by atoms with Crippen molar-refractivity contribution < 1.29 is 19.2 Å². The van der Waals surface area contributed by atoms with E-state index in [1.165, 1.54) is 40.9 Å². The van der Waals surface area contributed by atoms with Gasteiger partial charge in [-0.3, -0.25) is 19.8 Å². The van der Waals surface area contributed by atoms with E-state index in [1.807, 2.05) is 0 Å². The van der Waals surface area contributed by atoms with Crippen molar-refractivity contribution in [3.8, 4) is 0 Å². The number of hydrogen-bond donors (Lipinski definition) is 1. The summed E-state index contributed by atoms with van der Waals surface area (Å²) in [7, 11) is 0. The third-order valence-corrected chi connectivity index (χ3v) is 5.36. The molecule has 1 fully saturated rings. The van der Waals surface area contributed by atoms with Crippen LogP contribution in [0.4, 0.5) is 5.69 Å². The molecule has 3 rings (SSSR count). The third-order valence-electron chi connectivity index (χ3n) is 3.91. The summed E-state index contributed by atoms with van der Waals surface area (Å²) in [6, 6.07) is 5.16. The van der Waals surface area contributed by atoms with Crippen molar-refractivity contribution in [3.63, 3.8) is 0 Å². The Balaban J connectivity index is 0.00000225. The van der Waals surface area contributed by atoms with Crippen LogP contribution >= 0.6 is 24.2 Å². The van der Waals surface area contributed by atoms with Crippen LogP contribution < -0.4 is 5.73 Å². The van der Waals surface area contributed by atoms with Gasteiger partial charge in [0.05, 0.1) is 4.92 Å². The van der Waals surface area contributed by atoms with Crippen LogP contribution in [0.2, 0.25) is 0 Å². The highest BCUT2D eigenvalue weighted by Gasteiger charge is 2.51. The lowest BCUT2D eigenvalue weighted by molar-refractivity contribution is -0.384. The molecule has 25 heavy (non-hydrogen) atoms. The molecule has 1 unspecified atom stereocenters. The van der Waals surface area contributed by atoms with Gasteiger partial charge in [-0.25, -0.2) is 4.79 Å². The summed E-state index contributed by atoms with van der Waals surface area (Å²) in [6.45, 7) is 1.75. The van der Waals surface area contributed by atoms with Crippen LogP contribution in [0.1, 0.15) is 12.5 Å². The molecule has 0 spiro atoms. The van der Waals surface area contributed by atoms with Crippen LogP contribution in [0.5, 0.6) is 0 Å². The minimum Gasteiger partial charge on any atom is -0.456 e. The quantitative estimate of drug-likeness (QED) is 0.362. The second-order valence-electron chi connectivity index (χ2n) is 5.56. The van der Waals surface area contributed by atoms with E-state index in [9.17, 15) is 19.7 Å². The molecule has 2 heterocycles. The summed E-state index contributed by atoms with van der Waals surface area (Å²) in [4.78, 5) is 35.8. The maximum atomic E-state index is 12.4. The number of fused-ring (bicyclic) bond motifs is 1. The first-order valence-electron chi connectivity index (χ1n) is 7.20. The van der Waals surface area contributed by atoms with Crippen LogP contribution in [0.15, 0.2) is 35.5 Å². The fourth-order valence-corrected chi connectivity index (χ4v) is 3.83. The number of nitro benzene ring substituents is 1. The van der Waals surface area contributed by atoms with Gasteiger partial charge in [0.2, 0.25) is 5.91 Å². The van der Waals surface area contributed by atoms with E-state index in [0.29, 0.717) is 11.3 Å². The average molecular weight is 386 g/mol. The number of nitro groups is 1. The number of hydrogen-bond acceptors (Lipinski definition) is 7. The molecule has 2 atom stereocenters. The van der Waals surface area contributed by atoms with Gasteiger partial charge in [0.1, 0.15) is 23.7 Å². The number of carbonyl (C=O) groups is 2. The fraction of sp³-hybridized carbons (Fsp3) is 0.333. The number of esters is 1. The average Bonchev–Trinajstić information content (AvgIpc) is 2.59. The number of ether oxygens (including phenoxy) is 1. The molecule has 10 heteroatoms. The Kier molecular flexibility index (Phi) is 5.71. The normalized spacial score (nSPS) is 21.8. The summed E-state index contributed by atoms with van der Waals surface area (Å²) in [5.41, 5.74) is 7.37. The smallest absolute Gasteiger partial charge is 0.355 e. The lowest BCUT2D eigenvalue weighted by Gasteiger charge is -2.48. The molecule has 2 aliphatic heterocycles. The lowest BCUT2D eigenvalue weighted by atomic mass is 10.0. The summed E-state index contributed by atoms with van der Waals surface area (Å²) in [5.74, 6) is -0.255. The number of amides is 1. The van der Waals surface area contributed by atoms with E-state index >= 15 is 0 Å². The minimum atomic E-state index is -0.587. The van der Waals surface area contributed by atoms with Crippen LogP contribution in [-0.4, -0.2) is 38.9 Å². The van der Waals surface area contributed by atoms with Crippen molar-refractivity contribution in [2.24, 2.45) is 5.73 Å². The largest absolute Gasteiger partial charge is 0.456 e. The molecule has 0 bridgehead atoms. The monoisotopic (exact) mass is 385 g/mol. The van der Waals surface area contributed by atoms with E-state index < -0.39 is 16.9 Å². The SMILES string of the molecule is CC1=C(C(=O)OCc2ccc([N+](=O)[O-])cc2)N2C(=O)C(N)[C@H]2SC1.Cl. The second kappa shape index (κ2) is 7.42. The number of thioether (sulfide) groups is 1. The second-order valence-corrected chi connectivity index (χ2v) is 6.67. The first-order valence-corrected chi connectivity index (χ1v) is 8.25. The Morgan fingerprint density at radius 3 is 2.68 bits per heavy atom. The molecular formula is C15H16ClN3O5S. The molecule has 2 N–H and O–H groups in total. The number of halogens is 1. The molecule has 0 saturated carbocycles. The Hall–Kier alpha value is -2.10. The van der Waals surface area contributed by atoms with Crippen LogP contribution in [-0.2, 0) is 20.9 Å². The highest BCUT2D eigenvalue weighted by molar-refractivity contribution is 8.00. The standard InChI is InChI=1S/C15H15N3O5S.ClH/c1-8-7-24-14-11(16)13(19)17(14)12(8)15(20)23-6-9-2-4-10(5-3-9)18(21)22;/h2-5,11,14H,6-7,16H2,1H3;1H/t11?,14-;/m1./s1. The van der Waals surface area contributed by atoms with Crippen LogP contribution in [0.25, 0.3) is 0 Å². The third kappa shape index (κ3) is 3.48. The highest BCUT2D eigenvalue weighted by atomic mass is 35.5. The Morgan fingerprint density at radius 1 is 1.44 bits per heavy atom. The molecule has 0 aliphatic carbocycles. The summed E-state index contributed by atoms with van der Waals surface area (Å²) < 4.78 is 5.26. The number of carbonyl (C=O) groups excluding carboxylic acids is 2. The molecular weight excluding hydrogens is 370 g/mol. The van der Waals surface area contributed by atoms with Gasteiger partial charge in [0.25, 0.3) is 5.69 Å². The first-order chi connectivity index (χ1) is 11.4. The maximum Gasteiger partial charge on any atom is 0.355 e. The zero-order valence-electron chi connectivity index (χ0n) is 13.2. The summed E-state index contributed by atoms with van der Waals surface area (Å²) in [6.07, 6.45) is 0. The van der Waals surface area contributed by atoms with E-state index in [4.69, 9.17) is 10.5 Å². The zero-order chi connectivity index (χ0) is 17.4. The van der Waals surface area contributed by atoms with Gasteiger partial charge < -0.3 is 10.5 Å². The predicted octanol–water partition coefficient (Wildman–Crippen LogP) is 1.58. The number of β-lactam (4-membered cyclic amide) rings is 1. The Morgan fingerprint density at radius 2 is 2.08 bits per heavy atom. The minimum absolute atomic E-state index is 0. The van der Waals surface area contributed by atoms with Crippen molar-refractivity contribution in [3.05, 3.63) is 51.2 Å². The highest BCUT2D eigenvalue weighted by Crippen LogP contribution is 2.39. The molecule has 1 aromatic carbocycles. The number of nitrogens with two attached hydrogens (primary N) is 1. The van der Waals surface area contributed by atoms with Gasteiger partial charge in [-0.1, -0.05) is 0 Å². The zero-order valence-corrected chi connectivity index (χ0v) is 14.8. The predicted molar refractivity (Wildman–Crippen MR) is 93.9 cm³/mol. The molecule has 2 aliphatic rings. The number of benzene rings is 1. The van der Waals surface area contributed by atoms with Gasteiger partial charge in [-0.2, -0.15) is 0 Å². The van der Waals surface area contributed by atoms with Crippen molar-refractivity contribution in [2.45, 2.75) is 24.9 Å². The maximum absolute atomic E-state index is 12.4. The summed E-state index contributed by atoms with van der Waals surface area (Å²) in [5, 5.41) is 10.4. The van der Waals surface area contributed by atoms with Crippen LogP contribution in [0, 0.1) is 10.1 Å². The molecule has 1 amide bonds. The van der Waals surface area contributed by atoms with Gasteiger partial charge >= 0.3 is 5.97 Å². The van der Waals surface area contributed by atoms with Gasteiger partial charge in [0, 0.05) is 17.9 Å². The molecule has 1 saturated heterocycles. The van der Waals surface area contributed by atoms with Crippen LogP contribution in [0.3, 0.4) is 0 Å². The van der Waals surface area contributed by atoms with Crippen molar-refractivity contribution in [2.75, 3.05) is 5.75 Å². The summed E-state index contributed by atoms with van der Waals surface area (Å²) >= 11 is 1.52. The molecule has 8 nitrogen and oxygen atoms in total. The molecule has 1 aromatic rings. The number of non-ortho nitro benzene ring substituents is 1. The lowest BCUT2D eigenvalue weighted by Crippen LogP contribution is -2.68. The van der Waals surface area contributed by atoms with E-state index in [1.54, 1.807) is 6.92 Å². The molecule has 0 radical (unpaired) electrons. The van der Waals surface area contributed by atoms with Gasteiger partial charge in [-0.15, -0.1) is 24.2 Å². The van der Waals surface area contributed by atoms with E-state index in [0.717, 1.165) is 5.57 Å². The van der Waals surface area contributed by atoms with Crippen molar-refractivity contribution >= 4 is 41.7 Å². The topological polar surface area (TPSA) is 116 Å². The van der Waals surface area contributed by atoms with Crippen molar-refractivity contribution in [1.82, 2.24) is 4.90 Å². The first kappa shape index (κ1) is 19.2. The Labute approximate surface area is 153 Å². The molecule has 134 valence electrons. The van der Waals surface area contributed by atoms with E-state index in [-0.39, 0.29) is 41.7 Å². The Bertz CT molecular complexity index is 752. The van der Waals surface area contributed by atoms with Gasteiger partial charge in [-0.05, 0) is 30.2 Å². The fourth-order valence-electron chi connectivity index (χ4n) is 2.59. The number of rotatable bonds is 4. The van der Waals surface area contributed by atoms with Gasteiger partial charge in [0.15, 0.2) is 0 Å². The van der Waals surface area contributed by atoms with Crippen molar-refractivity contribution in [1.29, 1.82) is 0 Å². The number of nitrogens with zero attached hydrogens (tertiary/aromatic N) is 2. The molecule has 0 aromatic heterocycles.